The lowest BCUT2D eigenvalue weighted by atomic mass is 10.2. The van der Waals surface area contributed by atoms with Crippen LogP contribution in [0.2, 0.25) is 0 Å². The van der Waals surface area contributed by atoms with E-state index in [9.17, 15) is 9.59 Å². The van der Waals surface area contributed by atoms with Crippen LogP contribution in [0.3, 0.4) is 0 Å². The lowest BCUT2D eigenvalue weighted by Gasteiger charge is -2.31. The van der Waals surface area contributed by atoms with Crippen LogP contribution in [0.15, 0.2) is 60.7 Å². The maximum Gasteiger partial charge on any atom is 0.243 e. The highest BCUT2D eigenvalue weighted by Crippen LogP contribution is 2.19. The molecule has 0 saturated carbocycles. The number of hydrogen-bond donors (Lipinski definition) is 1. The Balaban J connectivity index is 1.52. The third-order valence-electron chi connectivity index (χ3n) is 6.03. The Morgan fingerprint density at radius 1 is 0.943 bits per heavy atom. The molecule has 1 heterocycles. The van der Waals surface area contributed by atoms with Crippen LogP contribution in [0.5, 0.6) is 0 Å². The van der Waals surface area contributed by atoms with Crippen LogP contribution >= 0.6 is 0 Å². The summed E-state index contributed by atoms with van der Waals surface area (Å²) in [5, 5.41) is 2.95. The quantitative estimate of drug-likeness (QED) is 0.289. The second-order valence-corrected chi connectivity index (χ2v) is 9.44. The number of nitrogens with zero attached hydrogens (tertiary/aromatic N) is 3. The number of aryl methyl sites for hydroxylation is 1. The Kier molecular flexibility index (Phi) is 9.65. The number of fused-ring (bicyclic) bond motifs is 1. The first kappa shape index (κ1) is 26.2. The monoisotopic (exact) mass is 474 g/mol. The third-order valence-corrected chi connectivity index (χ3v) is 6.03. The molecule has 186 valence electrons. The molecular weight excluding hydrogens is 436 g/mol. The standard InChI is InChI=1S/C29H38N4O2/c1-22(2)33(23(3)4)29(35)21-32-26-16-11-10-15-25(26)31-27(32)17-9-6-12-20-30-28(34)19-18-24-13-7-5-8-14-24/h5,7-8,10-11,13-16,18-19,22-23H,6,9,12,17,20-21H2,1-4H3,(H,30,34)/b19-18+. The molecule has 0 bridgehead atoms. The predicted molar refractivity (Wildman–Crippen MR) is 143 cm³/mol. The molecule has 3 aromatic rings. The topological polar surface area (TPSA) is 67.2 Å². The van der Waals surface area contributed by atoms with Gasteiger partial charge in [-0.15, -0.1) is 0 Å². The number of para-hydroxylation sites is 2. The van der Waals surface area contributed by atoms with Crippen LogP contribution in [-0.2, 0) is 22.6 Å². The number of unbranched alkanes of at least 4 members (excludes halogenated alkanes) is 2. The van der Waals surface area contributed by atoms with Gasteiger partial charge >= 0.3 is 0 Å². The van der Waals surface area contributed by atoms with E-state index in [4.69, 9.17) is 4.98 Å². The molecule has 1 N–H and O–H groups in total. The van der Waals surface area contributed by atoms with Gasteiger partial charge in [0.15, 0.2) is 0 Å². The van der Waals surface area contributed by atoms with Gasteiger partial charge in [0.25, 0.3) is 0 Å². The maximum atomic E-state index is 13.1. The van der Waals surface area contributed by atoms with Gasteiger partial charge in [-0.2, -0.15) is 0 Å². The molecule has 0 fully saturated rings. The van der Waals surface area contributed by atoms with Gasteiger partial charge in [0.2, 0.25) is 11.8 Å². The Morgan fingerprint density at radius 2 is 1.63 bits per heavy atom. The molecule has 35 heavy (non-hydrogen) atoms. The van der Waals surface area contributed by atoms with Crippen LogP contribution in [-0.4, -0.2) is 44.9 Å². The zero-order valence-electron chi connectivity index (χ0n) is 21.4. The lowest BCUT2D eigenvalue weighted by molar-refractivity contribution is -0.135. The lowest BCUT2D eigenvalue weighted by Crippen LogP contribution is -2.43. The minimum absolute atomic E-state index is 0.0750. The SMILES string of the molecule is CC(C)N(C(=O)Cn1c(CCCCCNC(=O)/C=C/c2ccccc2)nc2ccccc21)C(C)C. The summed E-state index contributed by atoms with van der Waals surface area (Å²) in [5.74, 6) is 0.988. The molecule has 6 heteroatoms. The molecule has 2 amide bonds. The smallest absolute Gasteiger partial charge is 0.243 e. The van der Waals surface area contributed by atoms with Gasteiger partial charge in [-0.05, 0) is 64.3 Å². The van der Waals surface area contributed by atoms with Gasteiger partial charge in [0, 0.05) is 31.1 Å². The fraction of sp³-hybridized carbons (Fsp3) is 0.414. The highest BCUT2D eigenvalue weighted by Gasteiger charge is 2.22. The molecule has 0 aliphatic heterocycles. The highest BCUT2D eigenvalue weighted by molar-refractivity contribution is 5.91. The van der Waals surface area contributed by atoms with Crippen molar-refractivity contribution in [2.75, 3.05) is 6.54 Å². The summed E-state index contributed by atoms with van der Waals surface area (Å²) < 4.78 is 2.07. The van der Waals surface area contributed by atoms with E-state index < -0.39 is 0 Å². The number of carbonyl (C=O) groups excluding carboxylic acids is 2. The Hall–Kier alpha value is -3.41. The van der Waals surface area contributed by atoms with E-state index in [-0.39, 0.29) is 23.9 Å². The zero-order valence-corrected chi connectivity index (χ0v) is 21.4. The van der Waals surface area contributed by atoms with Gasteiger partial charge in [-0.3, -0.25) is 9.59 Å². The van der Waals surface area contributed by atoms with E-state index in [1.807, 2.05) is 65.6 Å². The number of carbonyl (C=O) groups is 2. The van der Waals surface area contributed by atoms with Crippen molar-refractivity contribution in [2.24, 2.45) is 0 Å². The predicted octanol–water partition coefficient (Wildman–Crippen LogP) is 5.22. The average Bonchev–Trinajstić information content (AvgIpc) is 3.17. The molecular formula is C29H38N4O2. The summed E-state index contributed by atoms with van der Waals surface area (Å²) in [7, 11) is 0. The van der Waals surface area contributed by atoms with Crippen LogP contribution in [0, 0.1) is 0 Å². The molecule has 0 atom stereocenters. The maximum absolute atomic E-state index is 13.1. The number of rotatable bonds is 12. The van der Waals surface area contributed by atoms with Crippen LogP contribution in [0.25, 0.3) is 17.1 Å². The Morgan fingerprint density at radius 3 is 2.34 bits per heavy atom. The van der Waals surface area contributed by atoms with E-state index in [2.05, 4.69) is 37.6 Å². The average molecular weight is 475 g/mol. The normalized spacial score (nSPS) is 11.6. The van der Waals surface area contributed by atoms with Crippen molar-refractivity contribution >= 4 is 28.9 Å². The van der Waals surface area contributed by atoms with E-state index in [1.54, 1.807) is 6.08 Å². The van der Waals surface area contributed by atoms with Crippen LogP contribution < -0.4 is 5.32 Å². The molecule has 0 saturated heterocycles. The third kappa shape index (κ3) is 7.54. The molecule has 0 spiro atoms. The van der Waals surface area contributed by atoms with Crippen molar-refractivity contribution in [3.8, 4) is 0 Å². The number of imidazole rings is 1. The second-order valence-electron chi connectivity index (χ2n) is 9.44. The second kappa shape index (κ2) is 12.9. The van der Waals surface area contributed by atoms with E-state index >= 15 is 0 Å². The summed E-state index contributed by atoms with van der Waals surface area (Å²) in [4.78, 5) is 31.9. The number of benzene rings is 2. The first-order valence-corrected chi connectivity index (χ1v) is 12.6. The summed E-state index contributed by atoms with van der Waals surface area (Å²) in [6, 6.07) is 18.1. The first-order chi connectivity index (χ1) is 16.9. The minimum Gasteiger partial charge on any atom is -0.353 e. The van der Waals surface area contributed by atoms with Crippen molar-refractivity contribution in [1.82, 2.24) is 19.8 Å². The molecule has 6 nitrogen and oxygen atoms in total. The van der Waals surface area contributed by atoms with Crippen molar-refractivity contribution < 1.29 is 9.59 Å². The van der Waals surface area contributed by atoms with E-state index in [0.717, 1.165) is 48.1 Å². The van der Waals surface area contributed by atoms with Gasteiger partial charge < -0.3 is 14.8 Å². The van der Waals surface area contributed by atoms with E-state index in [1.165, 1.54) is 0 Å². The summed E-state index contributed by atoms with van der Waals surface area (Å²) >= 11 is 0. The number of nitrogens with one attached hydrogen (secondary N) is 1. The summed E-state index contributed by atoms with van der Waals surface area (Å²) in [6.07, 6.45) is 7.02. The largest absolute Gasteiger partial charge is 0.353 e. The minimum atomic E-state index is -0.0750. The van der Waals surface area contributed by atoms with Gasteiger partial charge in [0.1, 0.15) is 12.4 Å². The van der Waals surface area contributed by atoms with Crippen molar-refractivity contribution in [1.29, 1.82) is 0 Å². The summed E-state index contributed by atoms with van der Waals surface area (Å²) in [5.41, 5.74) is 2.93. The van der Waals surface area contributed by atoms with Crippen molar-refractivity contribution in [3.63, 3.8) is 0 Å². The van der Waals surface area contributed by atoms with Gasteiger partial charge in [-0.25, -0.2) is 4.98 Å². The van der Waals surface area contributed by atoms with Crippen LogP contribution in [0.4, 0.5) is 0 Å². The number of amides is 2. The molecule has 0 unspecified atom stereocenters. The molecule has 0 aliphatic carbocycles. The fourth-order valence-electron chi connectivity index (χ4n) is 4.47. The molecule has 3 rings (SSSR count). The zero-order chi connectivity index (χ0) is 25.2. The molecule has 1 aromatic heterocycles. The highest BCUT2D eigenvalue weighted by atomic mass is 16.2. The Bertz CT molecular complexity index is 1120. The molecule has 2 aromatic carbocycles. The molecule has 0 radical (unpaired) electrons. The number of aromatic nitrogens is 2. The Labute approximate surface area is 209 Å². The van der Waals surface area contributed by atoms with Crippen LogP contribution in [0.1, 0.15) is 58.3 Å². The van der Waals surface area contributed by atoms with Gasteiger partial charge in [0.05, 0.1) is 11.0 Å². The summed E-state index contributed by atoms with van der Waals surface area (Å²) in [6.45, 7) is 9.17. The number of hydrogen-bond acceptors (Lipinski definition) is 3. The van der Waals surface area contributed by atoms with Gasteiger partial charge in [-0.1, -0.05) is 48.9 Å². The molecule has 0 aliphatic rings. The van der Waals surface area contributed by atoms with E-state index in [0.29, 0.717) is 13.1 Å². The van der Waals surface area contributed by atoms with Crippen molar-refractivity contribution in [2.45, 2.75) is 72.0 Å². The van der Waals surface area contributed by atoms with Crippen molar-refractivity contribution in [3.05, 3.63) is 72.1 Å². The first-order valence-electron chi connectivity index (χ1n) is 12.6. The fourth-order valence-corrected chi connectivity index (χ4v) is 4.47.